The Morgan fingerprint density at radius 1 is 1.04 bits per heavy atom. The van der Waals surface area contributed by atoms with E-state index in [4.69, 9.17) is 4.74 Å². The first kappa shape index (κ1) is 18.1. The van der Waals surface area contributed by atoms with Gasteiger partial charge < -0.3 is 15.4 Å². The van der Waals surface area contributed by atoms with Crippen LogP contribution in [0, 0.1) is 6.92 Å². The Hall–Kier alpha value is -2.75. The standard InChI is InChI=1S/C22H26N2O2/c1-15-9-5-8-12-18(15)23-19-14-13-16-10-6-7-11-17(16)20(19)24-21(25)26-22(2,3)4/h5-14,19-20,23H,1-4H3,(H,24,25)/t19-,20-/m0/s1. The molecule has 1 amide bonds. The minimum atomic E-state index is -0.535. The summed E-state index contributed by atoms with van der Waals surface area (Å²) in [5.41, 5.74) is 3.86. The molecule has 0 unspecified atom stereocenters. The van der Waals surface area contributed by atoms with E-state index in [0.717, 1.165) is 22.4 Å². The average molecular weight is 350 g/mol. The van der Waals surface area contributed by atoms with E-state index in [2.05, 4.69) is 41.8 Å². The van der Waals surface area contributed by atoms with Crippen LogP contribution < -0.4 is 10.6 Å². The van der Waals surface area contributed by atoms with Crippen LogP contribution in [0.25, 0.3) is 6.08 Å². The van der Waals surface area contributed by atoms with Gasteiger partial charge >= 0.3 is 6.09 Å². The molecule has 0 saturated carbocycles. The zero-order valence-corrected chi connectivity index (χ0v) is 15.7. The highest BCUT2D eigenvalue weighted by Gasteiger charge is 2.29. The van der Waals surface area contributed by atoms with Crippen LogP contribution in [-0.4, -0.2) is 17.7 Å². The number of ether oxygens (including phenoxy) is 1. The maximum Gasteiger partial charge on any atom is 0.408 e. The summed E-state index contributed by atoms with van der Waals surface area (Å²) in [6.45, 7) is 7.66. The number of para-hydroxylation sites is 1. The van der Waals surface area contributed by atoms with E-state index in [9.17, 15) is 4.79 Å². The molecule has 4 nitrogen and oxygen atoms in total. The normalized spacial score (nSPS) is 18.8. The van der Waals surface area contributed by atoms with Crippen molar-refractivity contribution in [3.05, 3.63) is 71.3 Å². The lowest BCUT2D eigenvalue weighted by Gasteiger charge is -2.33. The summed E-state index contributed by atoms with van der Waals surface area (Å²) in [6.07, 6.45) is 3.78. The van der Waals surface area contributed by atoms with Crippen molar-refractivity contribution in [2.75, 3.05) is 5.32 Å². The highest BCUT2D eigenvalue weighted by Crippen LogP contribution is 2.31. The van der Waals surface area contributed by atoms with Crippen molar-refractivity contribution in [3.8, 4) is 0 Å². The molecule has 0 bridgehead atoms. The van der Waals surface area contributed by atoms with Gasteiger partial charge in [-0.1, -0.05) is 54.6 Å². The number of carbonyl (C=O) groups excluding carboxylic acids is 1. The van der Waals surface area contributed by atoms with Crippen molar-refractivity contribution in [1.29, 1.82) is 0 Å². The zero-order chi connectivity index (χ0) is 18.7. The monoisotopic (exact) mass is 350 g/mol. The molecular formula is C22H26N2O2. The van der Waals surface area contributed by atoms with Gasteiger partial charge in [0.2, 0.25) is 0 Å². The zero-order valence-electron chi connectivity index (χ0n) is 15.7. The van der Waals surface area contributed by atoms with Crippen molar-refractivity contribution < 1.29 is 9.53 Å². The SMILES string of the molecule is Cc1ccccc1N[C@H]1C=Cc2ccccc2[C@@H]1NC(=O)OC(C)(C)C. The number of amides is 1. The van der Waals surface area contributed by atoms with E-state index >= 15 is 0 Å². The Balaban J connectivity index is 1.87. The third kappa shape index (κ3) is 4.26. The number of hydrogen-bond donors (Lipinski definition) is 2. The Morgan fingerprint density at radius 3 is 2.46 bits per heavy atom. The molecule has 1 aliphatic rings. The Morgan fingerprint density at radius 2 is 1.73 bits per heavy atom. The second kappa shape index (κ2) is 7.24. The minimum absolute atomic E-state index is 0.0708. The van der Waals surface area contributed by atoms with Gasteiger partial charge in [-0.3, -0.25) is 0 Å². The minimum Gasteiger partial charge on any atom is -0.444 e. The van der Waals surface area contributed by atoms with E-state index in [1.54, 1.807) is 0 Å². The van der Waals surface area contributed by atoms with E-state index in [1.807, 2.05) is 57.2 Å². The maximum atomic E-state index is 12.4. The maximum absolute atomic E-state index is 12.4. The molecule has 26 heavy (non-hydrogen) atoms. The first-order valence-electron chi connectivity index (χ1n) is 8.92. The fourth-order valence-electron chi connectivity index (χ4n) is 3.11. The molecule has 0 aliphatic heterocycles. The average Bonchev–Trinajstić information content (AvgIpc) is 2.57. The summed E-state index contributed by atoms with van der Waals surface area (Å²) in [7, 11) is 0. The summed E-state index contributed by atoms with van der Waals surface area (Å²) >= 11 is 0. The molecular weight excluding hydrogens is 324 g/mol. The van der Waals surface area contributed by atoms with E-state index in [1.165, 1.54) is 0 Å². The fraction of sp³-hybridized carbons (Fsp3) is 0.318. The van der Waals surface area contributed by atoms with Crippen molar-refractivity contribution in [3.63, 3.8) is 0 Å². The topological polar surface area (TPSA) is 50.4 Å². The molecule has 4 heteroatoms. The number of alkyl carbamates (subject to hydrolysis) is 1. The molecule has 2 aromatic rings. The highest BCUT2D eigenvalue weighted by atomic mass is 16.6. The molecule has 136 valence electrons. The Bertz CT molecular complexity index is 821. The number of anilines is 1. The van der Waals surface area contributed by atoms with Crippen molar-refractivity contribution in [2.45, 2.75) is 45.4 Å². The summed E-state index contributed by atoms with van der Waals surface area (Å²) in [5.74, 6) is 0. The number of fused-ring (bicyclic) bond motifs is 1. The van der Waals surface area contributed by atoms with Gasteiger partial charge in [0.25, 0.3) is 0 Å². The van der Waals surface area contributed by atoms with Gasteiger partial charge in [-0.25, -0.2) is 4.79 Å². The van der Waals surface area contributed by atoms with Crippen LogP contribution >= 0.6 is 0 Å². The van der Waals surface area contributed by atoms with Crippen LogP contribution in [0.3, 0.4) is 0 Å². The van der Waals surface area contributed by atoms with Gasteiger partial charge in [0.05, 0.1) is 12.1 Å². The molecule has 0 fully saturated rings. The molecule has 3 rings (SSSR count). The lowest BCUT2D eigenvalue weighted by atomic mass is 9.89. The van der Waals surface area contributed by atoms with Gasteiger partial charge in [-0.2, -0.15) is 0 Å². The van der Waals surface area contributed by atoms with Gasteiger partial charge in [-0.05, 0) is 50.5 Å². The molecule has 0 heterocycles. The van der Waals surface area contributed by atoms with E-state index < -0.39 is 11.7 Å². The largest absolute Gasteiger partial charge is 0.444 e. The van der Waals surface area contributed by atoms with E-state index in [-0.39, 0.29) is 12.1 Å². The molecule has 0 radical (unpaired) electrons. The van der Waals surface area contributed by atoms with Crippen LogP contribution in [-0.2, 0) is 4.74 Å². The first-order valence-corrected chi connectivity index (χ1v) is 8.92. The highest BCUT2D eigenvalue weighted by molar-refractivity contribution is 5.71. The van der Waals surface area contributed by atoms with E-state index in [0.29, 0.717) is 0 Å². The lowest BCUT2D eigenvalue weighted by Crippen LogP contribution is -2.43. The number of benzene rings is 2. The van der Waals surface area contributed by atoms with Crippen LogP contribution in [0.1, 0.15) is 43.5 Å². The molecule has 2 N–H and O–H groups in total. The molecule has 2 aromatic carbocycles. The Kier molecular flexibility index (Phi) is 5.03. The van der Waals surface area contributed by atoms with Crippen LogP contribution in [0.4, 0.5) is 10.5 Å². The smallest absolute Gasteiger partial charge is 0.408 e. The summed E-state index contributed by atoms with van der Waals surface area (Å²) in [5, 5.41) is 6.60. The van der Waals surface area contributed by atoms with Crippen molar-refractivity contribution in [1.82, 2.24) is 5.32 Å². The fourth-order valence-corrected chi connectivity index (χ4v) is 3.11. The van der Waals surface area contributed by atoms with Gasteiger partial charge in [0.15, 0.2) is 0 Å². The lowest BCUT2D eigenvalue weighted by molar-refractivity contribution is 0.0501. The molecule has 0 aromatic heterocycles. The van der Waals surface area contributed by atoms with Gasteiger partial charge in [-0.15, -0.1) is 0 Å². The van der Waals surface area contributed by atoms with Gasteiger partial charge in [0.1, 0.15) is 5.60 Å². The molecule has 1 aliphatic carbocycles. The predicted octanol–water partition coefficient (Wildman–Crippen LogP) is 5.07. The quantitative estimate of drug-likeness (QED) is 0.813. The predicted molar refractivity (Wildman–Crippen MR) is 106 cm³/mol. The number of nitrogens with one attached hydrogen (secondary N) is 2. The summed E-state index contributed by atoms with van der Waals surface area (Å²) < 4.78 is 5.48. The number of rotatable bonds is 3. The summed E-state index contributed by atoms with van der Waals surface area (Å²) in [6, 6.07) is 16.0. The van der Waals surface area contributed by atoms with Crippen LogP contribution in [0.5, 0.6) is 0 Å². The van der Waals surface area contributed by atoms with Crippen LogP contribution in [0.15, 0.2) is 54.6 Å². The second-order valence-electron chi connectivity index (χ2n) is 7.60. The van der Waals surface area contributed by atoms with Crippen molar-refractivity contribution >= 4 is 17.9 Å². The number of aryl methyl sites for hydroxylation is 1. The molecule has 0 saturated heterocycles. The Labute approximate surface area is 155 Å². The third-order valence-corrected chi connectivity index (χ3v) is 4.31. The van der Waals surface area contributed by atoms with Crippen molar-refractivity contribution in [2.24, 2.45) is 0 Å². The molecule has 0 spiro atoms. The summed E-state index contributed by atoms with van der Waals surface area (Å²) in [4.78, 5) is 12.4. The number of hydrogen-bond acceptors (Lipinski definition) is 3. The van der Waals surface area contributed by atoms with Crippen LogP contribution in [0.2, 0.25) is 0 Å². The third-order valence-electron chi connectivity index (χ3n) is 4.31. The first-order chi connectivity index (χ1) is 12.3. The molecule has 2 atom stereocenters. The van der Waals surface area contributed by atoms with Gasteiger partial charge in [0, 0.05) is 5.69 Å². The number of carbonyl (C=O) groups is 1. The second-order valence-corrected chi connectivity index (χ2v) is 7.60.